The summed E-state index contributed by atoms with van der Waals surface area (Å²) < 4.78 is 0. The van der Waals surface area contributed by atoms with Crippen LogP contribution < -0.4 is 5.32 Å². The van der Waals surface area contributed by atoms with Gasteiger partial charge in [-0.2, -0.15) is 0 Å². The maximum Gasteiger partial charge on any atom is 0.335 e. The Labute approximate surface area is 102 Å². The van der Waals surface area contributed by atoms with Gasteiger partial charge in [-0.15, -0.1) is 0 Å². The van der Waals surface area contributed by atoms with Crippen LogP contribution >= 0.6 is 0 Å². The van der Waals surface area contributed by atoms with E-state index >= 15 is 0 Å². The van der Waals surface area contributed by atoms with Crippen molar-refractivity contribution in [1.82, 2.24) is 4.98 Å². The summed E-state index contributed by atoms with van der Waals surface area (Å²) in [5, 5.41) is 12.3. The molecule has 1 heterocycles. The van der Waals surface area contributed by atoms with Gasteiger partial charge in [0.1, 0.15) is 5.82 Å². The second-order valence-electron chi connectivity index (χ2n) is 4.58. The second kappa shape index (κ2) is 5.17. The zero-order chi connectivity index (χ0) is 13.1. The molecule has 0 atom stereocenters. The fourth-order valence-electron chi connectivity index (χ4n) is 1.59. The minimum atomic E-state index is -0.923. The molecule has 0 fully saturated rings. The van der Waals surface area contributed by atoms with E-state index < -0.39 is 5.97 Å². The van der Waals surface area contributed by atoms with Crippen molar-refractivity contribution in [2.24, 2.45) is 0 Å². The molecule has 2 N–H and O–H groups in total. The number of aromatic nitrogens is 1. The van der Waals surface area contributed by atoms with Gasteiger partial charge >= 0.3 is 5.97 Å². The summed E-state index contributed by atoms with van der Waals surface area (Å²) >= 11 is 0. The van der Waals surface area contributed by atoms with Crippen LogP contribution in [0.15, 0.2) is 12.1 Å². The van der Waals surface area contributed by atoms with Crippen LogP contribution in [0.4, 0.5) is 5.82 Å². The highest BCUT2D eigenvalue weighted by Gasteiger charge is 2.20. The van der Waals surface area contributed by atoms with E-state index in [9.17, 15) is 4.79 Å². The molecule has 0 saturated carbocycles. The van der Waals surface area contributed by atoms with Gasteiger partial charge in [0, 0.05) is 11.2 Å². The molecule has 0 amide bonds. The molecule has 0 radical (unpaired) electrons. The van der Waals surface area contributed by atoms with Crippen LogP contribution in [-0.2, 0) is 0 Å². The molecule has 0 saturated heterocycles. The second-order valence-corrected chi connectivity index (χ2v) is 4.58. The minimum absolute atomic E-state index is 0.0451. The Morgan fingerprint density at radius 1 is 1.41 bits per heavy atom. The number of nitrogens with one attached hydrogen (secondary N) is 1. The predicted octanol–water partition coefficient (Wildman–Crippen LogP) is 3.08. The van der Waals surface area contributed by atoms with Crippen LogP contribution in [0.5, 0.6) is 0 Å². The maximum absolute atomic E-state index is 11.0. The first-order chi connectivity index (χ1) is 7.90. The van der Waals surface area contributed by atoms with Gasteiger partial charge < -0.3 is 10.4 Å². The highest BCUT2D eigenvalue weighted by atomic mass is 16.4. The Morgan fingerprint density at radius 2 is 2.00 bits per heavy atom. The van der Waals surface area contributed by atoms with Crippen LogP contribution in [0.25, 0.3) is 0 Å². The van der Waals surface area contributed by atoms with Crippen molar-refractivity contribution in [3.05, 3.63) is 23.4 Å². The molecule has 0 unspecified atom stereocenters. The van der Waals surface area contributed by atoms with E-state index in [4.69, 9.17) is 5.11 Å². The minimum Gasteiger partial charge on any atom is -0.478 e. The lowest BCUT2D eigenvalue weighted by molar-refractivity contribution is 0.0696. The van der Waals surface area contributed by atoms with Crippen molar-refractivity contribution in [1.29, 1.82) is 0 Å². The van der Waals surface area contributed by atoms with Crippen LogP contribution in [0.2, 0.25) is 0 Å². The van der Waals surface area contributed by atoms with E-state index in [1.165, 1.54) is 0 Å². The van der Waals surface area contributed by atoms with Crippen LogP contribution in [0.1, 0.15) is 49.7 Å². The number of hydrogen-bond acceptors (Lipinski definition) is 3. The smallest absolute Gasteiger partial charge is 0.335 e. The lowest BCUT2D eigenvalue weighted by Gasteiger charge is -2.29. The van der Waals surface area contributed by atoms with Gasteiger partial charge in [0.2, 0.25) is 0 Å². The average Bonchev–Trinajstić information content (AvgIpc) is 2.28. The number of pyridine rings is 1. The van der Waals surface area contributed by atoms with Crippen molar-refractivity contribution in [2.45, 2.75) is 46.1 Å². The van der Waals surface area contributed by atoms with E-state index in [0.717, 1.165) is 12.8 Å². The quantitative estimate of drug-likeness (QED) is 0.824. The van der Waals surface area contributed by atoms with Crippen LogP contribution in [-0.4, -0.2) is 21.6 Å². The molecular formula is C13H20N2O2. The fraction of sp³-hybridized carbons (Fsp3) is 0.538. The molecular weight excluding hydrogens is 216 g/mol. The van der Waals surface area contributed by atoms with Crippen LogP contribution in [0.3, 0.4) is 0 Å². The highest BCUT2D eigenvalue weighted by Crippen LogP contribution is 2.21. The number of nitrogens with zero attached hydrogens (tertiary/aromatic N) is 1. The summed E-state index contributed by atoms with van der Waals surface area (Å²) in [6.45, 7) is 8.11. The van der Waals surface area contributed by atoms with Gasteiger partial charge in [0.25, 0.3) is 0 Å². The Bertz CT molecular complexity index is 412. The Balaban J connectivity index is 3.02. The molecule has 4 heteroatoms. The summed E-state index contributed by atoms with van der Waals surface area (Å²) in [5.41, 5.74) is 0.938. The van der Waals surface area contributed by atoms with E-state index in [-0.39, 0.29) is 11.1 Å². The normalized spacial score (nSPS) is 11.3. The van der Waals surface area contributed by atoms with Crippen LogP contribution in [0, 0.1) is 6.92 Å². The number of rotatable bonds is 5. The molecule has 0 aliphatic rings. The van der Waals surface area contributed by atoms with Gasteiger partial charge in [-0.25, -0.2) is 9.78 Å². The highest BCUT2D eigenvalue weighted by molar-refractivity contribution is 5.88. The van der Waals surface area contributed by atoms with Gasteiger partial charge in [0.05, 0.1) is 5.56 Å². The number of aryl methyl sites for hydroxylation is 1. The van der Waals surface area contributed by atoms with Gasteiger partial charge in [-0.05, 0) is 38.8 Å². The Hall–Kier alpha value is -1.58. The first-order valence-corrected chi connectivity index (χ1v) is 5.90. The topological polar surface area (TPSA) is 62.2 Å². The zero-order valence-electron chi connectivity index (χ0n) is 10.9. The van der Waals surface area contributed by atoms with Crippen molar-refractivity contribution < 1.29 is 9.90 Å². The Morgan fingerprint density at radius 3 is 2.47 bits per heavy atom. The van der Waals surface area contributed by atoms with E-state index in [0.29, 0.717) is 11.5 Å². The fourth-order valence-corrected chi connectivity index (χ4v) is 1.59. The third-order valence-corrected chi connectivity index (χ3v) is 3.19. The van der Waals surface area contributed by atoms with E-state index in [1.807, 2.05) is 0 Å². The van der Waals surface area contributed by atoms with Gasteiger partial charge in [-0.1, -0.05) is 13.8 Å². The molecule has 0 aliphatic heterocycles. The molecule has 1 aromatic rings. The molecule has 0 aliphatic carbocycles. The number of carbonyl (C=O) groups is 1. The van der Waals surface area contributed by atoms with Gasteiger partial charge in [0.15, 0.2) is 0 Å². The molecule has 0 bridgehead atoms. The van der Waals surface area contributed by atoms with Crippen molar-refractivity contribution in [3.8, 4) is 0 Å². The summed E-state index contributed by atoms with van der Waals surface area (Å²) in [5.74, 6) is -0.290. The van der Waals surface area contributed by atoms with Crippen molar-refractivity contribution >= 4 is 11.8 Å². The van der Waals surface area contributed by atoms with Crippen molar-refractivity contribution in [3.63, 3.8) is 0 Å². The standard InChI is InChI=1S/C13H20N2O2/c1-5-13(4,6-2)15-11-8-10(12(16)17)7-9(3)14-11/h7-8H,5-6H2,1-4H3,(H,14,15)(H,16,17). The SMILES string of the molecule is CCC(C)(CC)Nc1cc(C(=O)O)cc(C)n1. The number of carboxylic acid groups (broad SMARTS) is 1. The molecule has 17 heavy (non-hydrogen) atoms. The molecule has 4 nitrogen and oxygen atoms in total. The summed E-state index contributed by atoms with van der Waals surface area (Å²) in [7, 11) is 0. The lowest BCUT2D eigenvalue weighted by atomic mass is 9.95. The molecule has 0 spiro atoms. The summed E-state index contributed by atoms with van der Waals surface area (Å²) in [4.78, 5) is 15.3. The summed E-state index contributed by atoms with van der Waals surface area (Å²) in [6.07, 6.45) is 1.92. The molecule has 1 rings (SSSR count). The predicted molar refractivity (Wildman–Crippen MR) is 68.5 cm³/mol. The van der Waals surface area contributed by atoms with E-state index in [2.05, 4.69) is 31.1 Å². The molecule has 94 valence electrons. The molecule has 1 aromatic heterocycles. The first kappa shape index (κ1) is 13.5. The third-order valence-electron chi connectivity index (χ3n) is 3.19. The first-order valence-electron chi connectivity index (χ1n) is 5.90. The number of carboxylic acids is 1. The van der Waals surface area contributed by atoms with E-state index in [1.54, 1.807) is 19.1 Å². The average molecular weight is 236 g/mol. The number of aromatic carboxylic acids is 1. The number of hydrogen-bond donors (Lipinski definition) is 2. The third kappa shape index (κ3) is 3.44. The number of anilines is 1. The lowest BCUT2D eigenvalue weighted by Crippen LogP contribution is -2.33. The monoisotopic (exact) mass is 236 g/mol. The van der Waals surface area contributed by atoms with Gasteiger partial charge in [-0.3, -0.25) is 0 Å². The maximum atomic E-state index is 11.0. The molecule has 0 aromatic carbocycles. The van der Waals surface area contributed by atoms with Crippen molar-refractivity contribution in [2.75, 3.05) is 5.32 Å². The summed E-state index contributed by atoms with van der Waals surface area (Å²) in [6, 6.07) is 3.15. The Kier molecular flexibility index (Phi) is 4.10. The largest absolute Gasteiger partial charge is 0.478 e. The zero-order valence-corrected chi connectivity index (χ0v) is 10.9.